The molecule has 5 heteroatoms. The SMILES string of the molecule is N#Cc1ccc(N)c(N)c1C(=O)CBr. The lowest BCUT2D eigenvalue weighted by molar-refractivity contribution is 0.102. The summed E-state index contributed by atoms with van der Waals surface area (Å²) in [5, 5.41) is 8.88. The van der Waals surface area contributed by atoms with Crippen LogP contribution in [0.3, 0.4) is 0 Å². The van der Waals surface area contributed by atoms with E-state index in [1.807, 2.05) is 6.07 Å². The number of carbonyl (C=O) groups is 1. The summed E-state index contributed by atoms with van der Waals surface area (Å²) in [6, 6.07) is 4.90. The van der Waals surface area contributed by atoms with Gasteiger partial charge >= 0.3 is 0 Å². The maximum Gasteiger partial charge on any atom is 0.176 e. The van der Waals surface area contributed by atoms with Crippen molar-refractivity contribution in [1.29, 1.82) is 5.26 Å². The van der Waals surface area contributed by atoms with E-state index in [1.165, 1.54) is 12.1 Å². The summed E-state index contributed by atoms with van der Waals surface area (Å²) < 4.78 is 0. The lowest BCUT2D eigenvalue weighted by atomic mass is 10.0. The first-order chi connectivity index (χ1) is 6.61. The molecule has 0 radical (unpaired) electrons. The van der Waals surface area contributed by atoms with Gasteiger partial charge in [0, 0.05) is 0 Å². The number of Topliss-reactive ketones (excluding diaryl/α,β-unsaturated/α-hetero) is 1. The van der Waals surface area contributed by atoms with Gasteiger partial charge in [0.2, 0.25) is 0 Å². The maximum absolute atomic E-state index is 11.4. The molecule has 0 amide bonds. The zero-order valence-electron chi connectivity index (χ0n) is 7.25. The Morgan fingerprint density at radius 1 is 1.50 bits per heavy atom. The molecule has 1 aromatic rings. The van der Waals surface area contributed by atoms with E-state index in [0.717, 1.165) is 0 Å². The fourth-order valence-electron chi connectivity index (χ4n) is 1.10. The number of carbonyl (C=O) groups excluding carboxylic acids is 1. The van der Waals surface area contributed by atoms with E-state index < -0.39 is 0 Å². The number of nitrogen functional groups attached to an aromatic ring is 2. The van der Waals surface area contributed by atoms with Gasteiger partial charge in [-0.3, -0.25) is 4.79 Å². The zero-order valence-corrected chi connectivity index (χ0v) is 8.84. The molecule has 0 saturated heterocycles. The number of rotatable bonds is 2. The molecule has 0 unspecified atom stereocenters. The Kier molecular flexibility index (Phi) is 3.10. The third-order valence-corrected chi connectivity index (χ3v) is 2.31. The Morgan fingerprint density at radius 2 is 2.14 bits per heavy atom. The van der Waals surface area contributed by atoms with Crippen molar-refractivity contribution in [3.05, 3.63) is 23.3 Å². The van der Waals surface area contributed by atoms with Crippen LogP contribution in [0.15, 0.2) is 12.1 Å². The van der Waals surface area contributed by atoms with Crippen molar-refractivity contribution in [3.63, 3.8) is 0 Å². The highest BCUT2D eigenvalue weighted by Crippen LogP contribution is 2.24. The number of hydrogen-bond donors (Lipinski definition) is 2. The number of anilines is 2. The predicted molar refractivity (Wildman–Crippen MR) is 58.1 cm³/mol. The minimum Gasteiger partial charge on any atom is -0.397 e. The zero-order chi connectivity index (χ0) is 10.7. The van der Waals surface area contributed by atoms with Crippen molar-refractivity contribution in [3.8, 4) is 6.07 Å². The summed E-state index contributed by atoms with van der Waals surface area (Å²) in [4.78, 5) is 11.4. The highest BCUT2D eigenvalue weighted by molar-refractivity contribution is 9.09. The second-order valence-electron chi connectivity index (χ2n) is 2.66. The molecular weight excluding hydrogens is 246 g/mol. The van der Waals surface area contributed by atoms with E-state index in [2.05, 4.69) is 15.9 Å². The van der Waals surface area contributed by atoms with Crippen molar-refractivity contribution in [2.24, 2.45) is 0 Å². The molecule has 1 aromatic carbocycles. The number of alkyl halides is 1. The monoisotopic (exact) mass is 253 g/mol. The first kappa shape index (κ1) is 10.5. The van der Waals surface area contributed by atoms with Gasteiger partial charge in [-0.1, -0.05) is 15.9 Å². The minimum absolute atomic E-state index is 0.120. The fraction of sp³-hybridized carbons (Fsp3) is 0.111. The van der Waals surface area contributed by atoms with E-state index in [0.29, 0.717) is 5.69 Å². The largest absolute Gasteiger partial charge is 0.397 e. The number of ketones is 1. The molecule has 0 atom stereocenters. The first-order valence-corrected chi connectivity index (χ1v) is 4.91. The maximum atomic E-state index is 11.4. The van der Waals surface area contributed by atoms with Gasteiger partial charge in [0.15, 0.2) is 5.78 Å². The quantitative estimate of drug-likeness (QED) is 0.472. The molecule has 0 aliphatic heterocycles. The van der Waals surface area contributed by atoms with Crippen LogP contribution in [0.5, 0.6) is 0 Å². The summed E-state index contributed by atoms with van der Waals surface area (Å²) in [6.07, 6.45) is 0. The molecule has 1 rings (SSSR count). The standard InChI is InChI=1S/C9H8BrN3O/c10-3-7(14)8-5(4-11)1-2-6(12)9(8)13/h1-2H,3,12-13H2. The molecule has 0 saturated carbocycles. The van der Waals surface area contributed by atoms with Crippen molar-refractivity contribution >= 4 is 33.1 Å². The van der Waals surface area contributed by atoms with E-state index in [4.69, 9.17) is 16.7 Å². The predicted octanol–water partition coefficient (Wildman–Crippen LogP) is 1.30. The number of nitrogens with two attached hydrogens (primary N) is 2. The summed E-state index contributed by atoms with van der Waals surface area (Å²) in [5.74, 6) is -0.244. The van der Waals surface area contributed by atoms with Crippen LogP contribution in [0, 0.1) is 11.3 Å². The average Bonchev–Trinajstić information content (AvgIpc) is 2.20. The smallest absolute Gasteiger partial charge is 0.176 e. The molecule has 0 aliphatic carbocycles. The molecule has 0 aromatic heterocycles. The molecule has 0 bridgehead atoms. The van der Waals surface area contributed by atoms with Crippen molar-refractivity contribution in [2.75, 3.05) is 16.8 Å². The van der Waals surface area contributed by atoms with Crippen LogP contribution in [0.4, 0.5) is 11.4 Å². The van der Waals surface area contributed by atoms with Crippen LogP contribution in [0.1, 0.15) is 15.9 Å². The molecule has 72 valence electrons. The van der Waals surface area contributed by atoms with Gasteiger partial charge in [-0.2, -0.15) is 5.26 Å². The topological polar surface area (TPSA) is 92.9 Å². The second-order valence-corrected chi connectivity index (χ2v) is 3.22. The van der Waals surface area contributed by atoms with Gasteiger partial charge in [-0.15, -0.1) is 0 Å². The fourth-order valence-corrected chi connectivity index (χ4v) is 1.38. The lowest BCUT2D eigenvalue weighted by Crippen LogP contribution is -2.09. The number of hydrogen-bond acceptors (Lipinski definition) is 4. The van der Waals surface area contributed by atoms with Gasteiger partial charge in [-0.05, 0) is 12.1 Å². The van der Waals surface area contributed by atoms with Gasteiger partial charge in [0.05, 0.1) is 33.9 Å². The summed E-state index contributed by atoms with van der Waals surface area (Å²) in [5.41, 5.74) is 12.1. The second kappa shape index (κ2) is 4.11. The molecule has 0 spiro atoms. The minimum atomic E-state index is -0.244. The summed E-state index contributed by atoms with van der Waals surface area (Å²) in [7, 11) is 0. The van der Waals surface area contributed by atoms with Gasteiger partial charge in [0.25, 0.3) is 0 Å². The average molecular weight is 254 g/mol. The van der Waals surface area contributed by atoms with Crippen LogP contribution in [0.25, 0.3) is 0 Å². The first-order valence-electron chi connectivity index (χ1n) is 3.79. The van der Waals surface area contributed by atoms with Gasteiger partial charge in [-0.25, -0.2) is 0 Å². The Balaban J connectivity index is 3.45. The molecule has 0 aliphatic rings. The highest BCUT2D eigenvalue weighted by atomic mass is 79.9. The Hall–Kier alpha value is -1.54. The molecular formula is C9H8BrN3O. The summed E-state index contributed by atoms with van der Waals surface area (Å²) in [6.45, 7) is 0. The summed E-state index contributed by atoms with van der Waals surface area (Å²) >= 11 is 3.02. The number of halogens is 1. The van der Waals surface area contributed by atoms with E-state index in [1.54, 1.807) is 0 Å². The normalized spacial score (nSPS) is 9.43. The number of benzene rings is 1. The molecule has 4 N–H and O–H groups in total. The Morgan fingerprint density at radius 3 is 2.64 bits per heavy atom. The molecule has 0 heterocycles. The molecule has 14 heavy (non-hydrogen) atoms. The van der Waals surface area contributed by atoms with Crippen LogP contribution in [-0.4, -0.2) is 11.1 Å². The van der Waals surface area contributed by atoms with Crippen LogP contribution in [-0.2, 0) is 0 Å². The third-order valence-electron chi connectivity index (χ3n) is 1.80. The Bertz CT molecular complexity index is 423. The molecule has 0 fully saturated rings. The van der Waals surface area contributed by atoms with Crippen molar-refractivity contribution < 1.29 is 4.79 Å². The number of nitrogens with zero attached hydrogens (tertiary/aromatic N) is 1. The van der Waals surface area contributed by atoms with E-state index in [9.17, 15) is 4.79 Å². The van der Waals surface area contributed by atoms with Crippen LogP contribution >= 0.6 is 15.9 Å². The van der Waals surface area contributed by atoms with Crippen molar-refractivity contribution in [1.82, 2.24) is 0 Å². The van der Waals surface area contributed by atoms with Crippen LogP contribution < -0.4 is 11.5 Å². The third kappa shape index (κ3) is 1.70. The van der Waals surface area contributed by atoms with Crippen molar-refractivity contribution in [2.45, 2.75) is 0 Å². The Labute approximate surface area is 89.6 Å². The van der Waals surface area contributed by atoms with E-state index >= 15 is 0 Å². The van der Waals surface area contributed by atoms with E-state index in [-0.39, 0.29) is 27.9 Å². The van der Waals surface area contributed by atoms with Gasteiger partial charge < -0.3 is 11.5 Å². The number of nitriles is 1. The van der Waals surface area contributed by atoms with Gasteiger partial charge in [0.1, 0.15) is 0 Å². The van der Waals surface area contributed by atoms with Crippen LogP contribution in [0.2, 0.25) is 0 Å². The lowest BCUT2D eigenvalue weighted by Gasteiger charge is -2.07. The molecule has 4 nitrogen and oxygen atoms in total. The highest BCUT2D eigenvalue weighted by Gasteiger charge is 2.15.